The fourth-order valence-corrected chi connectivity index (χ4v) is 3.47. The highest BCUT2D eigenvalue weighted by atomic mass is 32.2. The highest BCUT2D eigenvalue weighted by Crippen LogP contribution is 2.35. The van der Waals surface area contributed by atoms with Gasteiger partial charge in [0.2, 0.25) is 15.7 Å². The van der Waals surface area contributed by atoms with E-state index in [4.69, 9.17) is 0 Å². The van der Waals surface area contributed by atoms with E-state index in [-0.39, 0.29) is 35.7 Å². The first-order chi connectivity index (χ1) is 14.1. The summed E-state index contributed by atoms with van der Waals surface area (Å²) >= 11 is 0. The summed E-state index contributed by atoms with van der Waals surface area (Å²) in [6.45, 7) is 1.59. The van der Waals surface area contributed by atoms with E-state index in [2.05, 4.69) is 20.6 Å². The quantitative estimate of drug-likeness (QED) is 0.603. The van der Waals surface area contributed by atoms with Crippen molar-refractivity contribution in [2.75, 3.05) is 10.6 Å². The molecule has 0 spiro atoms. The number of halogens is 3. The zero-order valence-corrected chi connectivity index (χ0v) is 16.4. The van der Waals surface area contributed by atoms with E-state index in [0.29, 0.717) is 0 Å². The van der Waals surface area contributed by atoms with Crippen LogP contribution < -0.4 is 10.6 Å². The Morgan fingerprint density at radius 3 is 2.60 bits per heavy atom. The molecule has 2 aromatic heterocycles. The predicted molar refractivity (Wildman–Crippen MR) is 101 cm³/mol. The third-order valence-electron chi connectivity index (χ3n) is 4.39. The number of nitrogens with one attached hydrogen (secondary N) is 2. The summed E-state index contributed by atoms with van der Waals surface area (Å²) in [5, 5.41) is 4.98. The second-order valence-electron chi connectivity index (χ2n) is 6.52. The lowest BCUT2D eigenvalue weighted by atomic mass is 10.1. The van der Waals surface area contributed by atoms with Gasteiger partial charge in [0.15, 0.2) is 5.78 Å². The number of carbonyl (C=O) groups is 2. The number of amides is 1. The number of sulfone groups is 1. The molecule has 3 rings (SSSR count). The maximum atomic E-state index is 13.1. The van der Waals surface area contributed by atoms with E-state index < -0.39 is 44.3 Å². The van der Waals surface area contributed by atoms with Gasteiger partial charge in [-0.2, -0.15) is 8.78 Å². The Kier molecular flexibility index (Phi) is 6.06. The first kappa shape index (κ1) is 21.7. The average Bonchev–Trinajstić information content (AvgIpc) is 3.44. The molecule has 2 N–H and O–H groups in total. The maximum absolute atomic E-state index is 13.1. The summed E-state index contributed by atoms with van der Waals surface area (Å²) < 4.78 is 63.0. The predicted octanol–water partition coefficient (Wildman–Crippen LogP) is 3.11. The van der Waals surface area contributed by atoms with Crippen LogP contribution in [0.5, 0.6) is 0 Å². The molecule has 8 nitrogen and oxygen atoms in total. The molecule has 2 heterocycles. The van der Waals surface area contributed by atoms with Crippen LogP contribution in [0.15, 0.2) is 35.5 Å². The van der Waals surface area contributed by atoms with Gasteiger partial charge in [-0.05, 0) is 18.6 Å². The minimum atomic E-state index is -4.97. The average molecular weight is 442 g/mol. The first-order valence-corrected chi connectivity index (χ1v) is 10.4. The van der Waals surface area contributed by atoms with Gasteiger partial charge in [-0.15, -0.1) is 0 Å². The molecule has 1 aliphatic rings. The smallest absolute Gasteiger partial charge is 0.338 e. The van der Waals surface area contributed by atoms with Gasteiger partial charge in [0.1, 0.15) is 22.7 Å². The molecule has 0 bridgehead atoms. The van der Waals surface area contributed by atoms with Crippen molar-refractivity contribution in [2.45, 2.75) is 36.6 Å². The Labute approximate surface area is 169 Å². The van der Waals surface area contributed by atoms with Crippen LogP contribution in [-0.4, -0.2) is 42.0 Å². The van der Waals surface area contributed by atoms with Crippen LogP contribution in [-0.2, 0) is 14.6 Å². The number of ketones is 1. The number of carbonyl (C=O) groups excluding carboxylic acids is 2. The fourth-order valence-electron chi connectivity index (χ4n) is 2.63. The number of alkyl halides is 3. The van der Waals surface area contributed by atoms with Gasteiger partial charge in [0.05, 0.1) is 17.2 Å². The molecule has 160 valence electrons. The van der Waals surface area contributed by atoms with Crippen molar-refractivity contribution in [1.82, 2.24) is 9.97 Å². The van der Waals surface area contributed by atoms with Crippen LogP contribution in [0.3, 0.4) is 0 Å². The van der Waals surface area contributed by atoms with Crippen LogP contribution >= 0.6 is 0 Å². The lowest BCUT2D eigenvalue weighted by molar-refractivity contribution is -0.117. The molecule has 1 amide bonds. The second kappa shape index (κ2) is 8.38. The van der Waals surface area contributed by atoms with Crippen LogP contribution in [0.25, 0.3) is 0 Å². The Bertz CT molecular complexity index is 1090. The van der Waals surface area contributed by atoms with Gasteiger partial charge in [-0.25, -0.2) is 22.8 Å². The molecule has 0 aliphatic heterocycles. The van der Waals surface area contributed by atoms with E-state index in [9.17, 15) is 31.2 Å². The summed E-state index contributed by atoms with van der Waals surface area (Å²) in [4.78, 5) is 31.2. The topological polar surface area (TPSA) is 118 Å². The van der Waals surface area contributed by atoms with Crippen LogP contribution in [0.4, 0.5) is 30.5 Å². The van der Waals surface area contributed by atoms with E-state index in [1.165, 1.54) is 18.3 Å². The van der Waals surface area contributed by atoms with E-state index >= 15 is 0 Å². The fraction of sp³-hybridized carbons (Fsp3) is 0.333. The van der Waals surface area contributed by atoms with Crippen LogP contribution in [0, 0.1) is 5.92 Å². The molecular formula is C18H17F3N4O4S. The largest absolute Gasteiger partial charge is 0.341 e. The van der Waals surface area contributed by atoms with Crippen molar-refractivity contribution in [3.05, 3.63) is 36.2 Å². The Hall–Kier alpha value is -3.02. The highest BCUT2D eigenvalue weighted by Gasteiger charge is 2.43. The van der Waals surface area contributed by atoms with Crippen molar-refractivity contribution in [2.24, 2.45) is 5.92 Å². The molecule has 2 aromatic rings. The first-order valence-electron chi connectivity index (χ1n) is 8.87. The van der Waals surface area contributed by atoms with Gasteiger partial charge in [-0.1, -0.05) is 6.92 Å². The van der Waals surface area contributed by atoms with Crippen LogP contribution in [0.1, 0.15) is 30.1 Å². The van der Waals surface area contributed by atoms with Gasteiger partial charge in [0.25, 0.3) is 0 Å². The Morgan fingerprint density at radius 2 is 2.00 bits per heavy atom. The van der Waals surface area contributed by atoms with Gasteiger partial charge in [0, 0.05) is 24.9 Å². The number of pyridine rings is 2. The third kappa shape index (κ3) is 4.42. The van der Waals surface area contributed by atoms with Gasteiger partial charge < -0.3 is 10.6 Å². The lowest BCUT2D eigenvalue weighted by Crippen LogP contribution is -2.17. The van der Waals surface area contributed by atoms with Crippen molar-refractivity contribution < 1.29 is 31.2 Å². The molecule has 30 heavy (non-hydrogen) atoms. The highest BCUT2D eigenvalue weighted by molar-refractivity contribution is 7.91. The zero-order chi connectivity index (χ0) is 22.1. The maximum Gasteiger partial charge on any atom is 0.341 e. The summed E-state index contributed by atoms with van der Waals surface area (Å²) in [6, 6.07) is 3.36. The Morgan fingerprint density at radius 1 is 1.30 bits per heavy atom. The van der Waals surface area contributed by atoms with E-state index in [1.807, 2.05) is 0 Å². The summed E-state index contributed by atoms with van der Waals surface area (Å²) in [5.41, 5.74) is 0.0421. The molecule has 2 atom stereocenters. The van der Waals surface area contributed by atoms with Crippen molar-refractivity contribution in [3.63, 3.8) is 0 Å². The lowest BCUT2D eigenvalue weighted by Gasteiger charge is -2.15. The molecule has 0 radical (unpaired) electrons. The number of hydrogen-bond donors (Lipinski definition) is 2. The minimum absolute atomic E-state index is 0.00385. The standard InChI is InChI=1S/C18H17F3N4O4S/c1-2-13(26)10-8-23-15(25-17(27)9-6-11(9)19)7-12(10)24-16-14(4-3-5-22-16)30(28,29)18(20)21/h3-5,7-9,11,18H,2,6H2,1H3,(H2,22,23,24,25,27)/t9-,11-/m0/s1. The monoisotopic (exact) mass is 442 g/mol. The number of rotatable bonds is 8. The van der Waals surface area contributed by atoms with Gasteiger partial charge >= 0.3 is 5.76 Å². The zero-order valence-electron chi connectivity index (χ0n) is 15.6. The minimum Gasteiger partial charge on any atom is -0.338 e. The van der Waals surface area contributed by atoms with E-state index in [0.717, 1.165) is 12.3 Å². The molecule has 1 aliphatic carbocycles. The number of nitrogens with zero attached hydrogens (tertiary/aromatic N) is 2. The second-order valence-corrected chi connectivity index (χ2v) is 8.41. The normalized spacial score (nSPS) is 18.2. The molecule has 12 heteroatoms. The van der Waals surface area contributed by atoms with Crippen LogP contribution in [0.2, 0.25) is 0 Å². The molecule has 0 unspecified atom stereocenters. The Balaban J connectivity index is 1.99. The molecular weight excluding hydrogens is 425 g/mol. The SMILES string of the molecule is CCC(=O)c1cnc(NC(=O)[C@H]2C[C@@H]2F)cc1Nc1ncccc1S(=O)(=O)C(F)F. The number of aromatic nitrogens is 2. The molecule has 0 aromatic carbocycles. The number of Topliss-reactive ketones (excluding diaryl/α,β-unsaturated/α-hetero) is 1. The molecule has 1 saturated carbocycles. The molecule has 0 saturated heterocycles. The number of hydrogen-bond acceptors (Lipinski definition) is 7. The van der Waals surface area contributed by atoms with Crippen molar-refractivity contribution >= 4 is 38.9 Å². The van der Waals surface area contributed by atoms with E-state index in [1.54, 1.807) is 6.92 Å². The van der Waals surface area contributed by atoms with Gasteiger partial charge in [-0.3, -0.25) is 9.59 Å². The summed E-state index contributed by atoms with van der Waals surface area (Å²) in [7, 11) is -4.97. The third-order valence-corrected chi connectivity index (χ3v) is 5.80. The molecule has 1 fully saturated rings. The summed E-state index contributed by atoms with van der Waals surface area (Å²) in [5.74, 6) is -5.85. The summed E-state index contributed by atoms with van der Waals surface area (Å²) in [6.07, 6.45) is 1.30. The number of anilines is 3. The van der Waals surface area contributed by atoms with Crippen molar-refractivity contribution in [3.8, 4) is 0 Å². The van der Waals surface area contributed by atoms with Crippen molar-refractivity contribution in [1.29, 1.82) is 0 Å².